The molecule has 0 fully saturated rings. The Morgan fingerprint density at radius 2 is 1.79 bits per heavy atom. The largest absolute Gasteiger partial charge is 0.399 e. The highest BCUT2D eigenvalue weighted by Crippen LogP contribution is 2.28. The Labute approximate surface area is 155 Å². The van der Waals surface area contributed by atoms with Gasteiger partial charge in [0.25, 0.3) is 0 Å². The summed E-state index contributed by atoms with van der Waals surface area (Å²) in [4.78, 5) is 4.67. The minimum atomic E-state index is -3.87. The van der Waals surface area contributed by atoms with E-state index in [1.807, 2.05) is 0 Å². The van der Waals surface area contributed by atoms with Gasteiger partial charge >= 0.3 is 0 Å². The van der Waals surface area contributed by atoms with Crippen molar-refractivity contribution in [3.05, 3.63) is 63.1 Å². The molecule has 0 aliphatic carbocycles. The molecule has 0 aliphatic rings. The normalized spacial score (nSPS) is 12.2. The lowest BCUT2D eigenvalue weighted by molar-refractivity contribution is 0.213. The van der Waals surface area contributed by atoms with E-state index in [0.717, 1.165) is 0 Å². The molecule has 0 unspecified atom stereocenters. The van der Waals surface area contributed by atoms with Gasteiger partial charge < -0.3 is 4.84 Å². The number of oxime groups is 1. The van der Waals surface area contributed by atoms with Crippen LogP contribution in [0.5, 0.6) is 0 Å². The molecule has 0 saturated carbocycles. The number of benzene rings is 2. The van der Waals surface area contributed by atoms with Crippen LogP contribution < -0.4 is 4.72 Å². The first-order chi connectivity index (χ1) is 11.3. The van der Waals surface area contributed by atoms with Gasteiger partial charge in [-0.15, -0.1) is 0 Å². The molecule has 0 bridgehead atoms. The highest BCUT2D eigenvalue weighted by atomic mass is 35.5. The zero-order valence-electron chi connectivity index (χ0n) is 12.5. The Balaban J connectivity index is 2.24. The lowest BCUT2D eigenvalue weighted by atomic mass is 10.1. The smallest absolute Gasteiger partial charge is 0.242 e. The van der Waals surface area contributed by atoms with Gasteiger partial charge in [-0.25, -0.2) is 13.1 Å². The van der Waals surface area contributed by atoms with Crippen LogP contribution in [0.3, 0.4) is 0 Å². The molecule has 0 spiro atoms. The summed E-state index contributed by atoms with van der Waals surface area (Å²) in [6.07, 6.45) is 0. The summed E-state index contributed by atoms with van der Waals surface area (Å²) in [6.45, 7) is -0.0966. The van der Waals surface area contributed by atoms with Crippen molar-refractivity contribution in [1.29, 1.82) is 0 Å². The maximum absolute atomic E-state index is 12.4. The van der Waals surface area contributed by atoms with E-state index in [9.17, 15) is 8.42 Å². The molecule has 2 rings (SSSR count). The number of sulfonamides is 1. The Morgan fingerprint density at radius 1 is 1.12 bits per heavy atom. The molecular weight excluding hydrogens is 395 g/mol. The number of hydrogen-bond donors (Lipinski definition) is 1. The van der Waals surface area contributed by atoms with Gasteiger partial charge in [0.1, 0.15) is 17.7 Å². The minimum Gasteiger partial charge on any atom is -0.399 e. The maximum Gasteiger partial charge on any atom is 0.242 e. The topological polar surface area (TPSA) is 67.8 Å². The third-order valence-corrected chi connectivity index (χ3v) is 5.64. The first kappa shape index (κ1) is 19.0. The lowest BCUT2D eigenvalue weighted by Gasteiger charge is -2.11. The first-order valence-corrected chi connectivity index (χ1v) is 9.26. The number of nitrogens with zero attached hydrogens (tertiary/aromatic N) is 1. The van der Waals surface area contributed by atoms with Crippen LogP contribution in [-0.4, -0.2) is 27.8 Å². The van der Waals surface area contributed by atoms with Gasteiger partial charge in [-0.2, -0.15) is 0 Å². The van der Waals surface area contributed by atoms with Crippen molar-refractivity contribution in [1.82, 2.24) is 4.72 Å². The van der Waals surface area contributed by atoms with Crippen LogP contribution in [0.25, 0.3) is 0 Å². The molecule has 0 heterocycles. The van der Waals surface area contributed by atoms with E-state index in [1.54, 1.807) is 24.3 Å². The molecule has 1 N–H and O–H groups in total. The molecule has 0 radical (unpaired) electrons. The lowest BCUT2D eigenvalue weighted by Crippen LogP contribution is -2.30. The molecule has 2 aromatic carbocycles. The SMILES string of the molecule is CO/N=C(/CNS(=O)(=O)c1cccc(Cl)c1Cl)c1ccc(Cl)cc1. The average molecular weight is 408 g/mol. The predicted octanol–water partition coefficient (Wildman–Crippen LogP) is 3.98. The second kappa shape index (κ2) is 8.18. The summed E-state index contributed by atoms with van der Waals surface area (Å²) in [6, 6.07) is 11.1. The van der Waals surface area contributed by atoms with Crippen molar-refractivity contribution < 1.29 is 13.3 Å². The quantitative estimate of drug-likeness (QED) is 0.582. The molecular formula is C15H13Cl3N2O3S. The van der Waals surface area contributed by atoms with E-state index in [0.29, 0.717) is 16.3 Å². The molecule has 2 aromatic rings. The summed E-state index contributed by atoms with van der Waals surface area (Å²) in [5, 5.41) is 4.52. The molecule has 5 nitrogen and oxygen atoms in total. The zero-order chi connectivity index (χ0) is 17.7. The van der Waals surface area contributed by atoms with Gasteiger partial charge in [0.15, 0.2) is 0 Å². The van der Waals surface area contributed by atoms with Gasteiger partial charge in [0, 0.05) is 10.6 Å². The third kappa shape index (κ3) is 4.62. The van der Waals surface area contributed by atoms with Crippen molar-refractivity contribution in [3.63, 3.8) is 0 Å². The Morgan fingerprint density at radius 3 is 2.42 bits per heavy atom. The molecule has 0 aromatic heterocycles. The zero-order valence-corrected chi connectivity index (χ0v) is 15.5. The second-order valence-electron chi connectivity index (χ2n) is 4.60. The number of rotatable bonds is 6. The van der Waals surface area contributed by atoms with Crippen molar-refractivity contribution in [2.45, 2.75) is 4.90 Å². The van der Waals surface area contributed by atoms with E-state index in [2.05, 4.69) is 9.88 Å². The van der Waals surface area contributed by atoms with E-state index >= 15 is 0 Å². The highest BCUT2D eigenvalue weighted by molar-refractivity contribution is 7.89. The Bertz CT molecular complexity index is 853. The third-order valence-electron chi connectivity index (χ3n) is 3.01. The van der Waals surface area contributed by atoms with Crippen molar-refractivity contribution in [2.75, 3.05) is 13.7 Å². The van der Waals surface area contributed by atoms with Crippen LogP contribution in [0.4, 0.5) is 0 Å². The van der Waals surface area contributed by atoms with Gasteiger partial charge in [0.2, 0.25) is 10.0 Å². The number of hydrogen-bond acceptors (Lipinski definition) is 4. The maximum atomic E-state index is 12.4. The first-order valence-electron chi connectivity index (χ1n) is 6.65. The van der Waals surface area contributed by atoms with Crippen LogP contribution in [0, 0.1) is 0 Å². The summed E-state index contributed by atoms with van der Waals surface area (Å²) in [5.41, 5.74) is 1.05. The minimum absolute atomic E-state index is 0.0385. The van der Waals surface area contributed by atoms with Crippen LogP contribution in [0.2, 0.25) is 15.1 Å². The molecule has 24 heavy (non-hydrogen) atoms. The Kier molecular flexibility index (Phi) is 6.48. The van der Waals surface area contributed by atoms with Gasteiger partial charge in [-0.3, -0.25) is 0 Å². The number of nitrogens with one attached hydrogen (secondary N) is 1. The summed E-state index contributed by atoms with van der Waals surface area (Å²) in [7, 11) is -2.50. The van der Waals surface area contributed by atoms with Crippen LogP contribution in [0.1, 0.15) is 5.56 Å². The molecule has 0 aliphatic heterocycles. The van der Waals surface area contributed by atoms with Crippen LogP contribution >= 0.6 is 34.8 Å². The van der Waals surface area contributed by atoms with Crippen molar-refractivity contribution >= 4 is 50.5 Å². The summed E-state index contributed by atoms with van der Waals surface area (Å²) in [5.74, 6) is 0. The second-order valence-corrected chi connectivity index (χ2v) is 7.56. The fourth-order valence-corrected chi connectivity index (χ4v) is 3.75. The van der Waals surface area contributed by atoms with Crippen molar-refractivity contribution in [2.24, 2.45) is 5.16 Å². The fraction of sp³-hybridized carbons (Fsp3) is 0.133. The van der Waals surface area contributed by atoms with Gasteiger partial charge in [-0.1, -0.05) is 58.2 Å². The standard InChI is InChI=1S/C15H13Cl3N2O3S/c1-23-20-13(10-5-7-11(16)8-6-10)9-19-24(21,22)14-4-2-3-12(17)15(14)18/h2-8,19H,9H2,1H3/b20-13-. The van der Waals surface area contributed by atoms with E-state index in [1.165, 1.54) is 25.3 Å². The van der Waals surface area contributed by atoms with E-state index in [-0.39, 0.29) is 21.5 Å². The van der Waals surface area contributed by atoms with E-state index < -0.39 is 10.0 Å². The average Bonchev–Trinajstić information content (AvgIpc) is 2.55. The van der Waals surface area contributed by atoms with Gasteiger partial charge in [0.05, 0.1) is 16.6 Å². The van der Waals surface area contributed by atoms with E-state index in [4.69, 9.17) is 39.6 Å². The highest BCUT2D eigenvalue weighted by Gasteiger charge is 2.20. The molecule has 0 atom stereocenters. The fourth-order valence-electron chi connectivity index (χ4n) is 1.87. The molecule has 128 valence electrons. The monoisotopic (exact) mass is 406 g/mol. The van der Waals surface area contributed by atoms with Gasteiger partial charge in [-0.05, 0) is 24.3 Å². The molecule has 0 amide bonds. The summed E-state index contributed by atoms with van der Waals surface area (Å²) >= 11 is 17.7. The predicted molar refractivity (Wildman–Crippen MR) is 96.6 cm³/mol. The molecule has 9 heteroatoms. The molecule has 0 saturated heterocycles. The summed E-state index contributed by atoms with van der Waals surface area (Å²) < 4.78 is 27.3. The van der Waals surface area contributed by atoms with Crippen LogP contribution in [0.15, 0.2) is 52.5 Å². The van der Waals surface area contributed by atoms with Crippen molar-refractivity contribution in [3.8, 4) is 0 Å². The Hall–Kier alpha value is -1.31. The number of halogens is 3. The van der Waals surface area contributed by atoms with Crippen LogP contribution in [-0.2, 0) is 14.9 Å².